The molecule has 0 fully saturated rings. The molecule has 11 heteroatoms. The van der Waals surface area contributed by atoms with Crippen LogP contribution in [0.1, 0.15) is 36.6 Å². The van der Waals surface area contributed by atoms with Gasteiger partial charge in [-0.25, -0.2) is 14.1 Å². The summed E-state index contributed by atoms with van der Waals surface area (Å²) < 4.78 is 35.7. The number of guanidine groups is 1. The number of rotatable bonds is 5. The highest BCUT2D eigenvalue weighted by Crippen LogP contribution is 2.34. The highest BCUT2D eigenvalue weighted by molar-refractivity contribution is 6.31. The molecule has 3 heterocycles. The average molecular weight is 512 g/mol. The maximum Gasteiger partial charge on any atom is 0.302 e. The van der Waals surface area contributed by atoms with E-state index in [0.717, 1.165) is 16.8 Å². The number of aliphatic imine (C=N–C) groups is 1. The summed E-state index contributed by atoms with van der Waals surface area (Å²) >= 11 is 6.54. The second kappa shape index (κ2) is 9.27. The third kappa shape index (κ3) is 4.28. The van der Waals surface area contributed by atoms with Crippen LogP contribution < -0.4 is 11.1 Å². The lowest BCUT2D eigenvalue weighted by Crippen LogP contribution is -2.37. The molecule has 0 aliphatic carbocycles. The van der Waals surface area contributed by atoms with E-state index >= 15 is 0 Å². The largest absolute Gasteiger partial charge is 0.421 e. The quantitative estimate of drug-likeness (QED) is 0.329. The number of oxazole rings is 1. The fourth-order valence-electron chi connectivity index (χ4n) is 4.10. The van der Waals surface area contributed by atoms with E-state index in [2.05, 4.69) is 15.4 Å². The number of hydrogen-bond acceptors (Lipinski definition) is 7. The van der Waals surface area contributed by atoms with Crippen LogP contribution in [0.15, 0.2) is 57.7 Å². The summed E-state index contributed by atoms with van der Waals surface area (Å²) in [5.41, 5.74) is 9.25. The predicted molar refractivity (Wildman–Crippen MR) is 136 cm³/mol. The number of fused-ring (bicyclic) bond motifs is 1. The molecule has 5 rings (SSSR count). The first kappa shape index (κ1) is 23.8. The second-order valence-corrected chi connectivity index (χ2v) is 8.95. The van der Waals surface area contributed by atoms with E-state index in [1.54, 1.807) is 4.90 Å². The monoisotopic (exact) mass is 511 g/mol. The fraction of sp³-hybridized carbons (Fsp3) is 0.240. The van der Waals surface area contributed by atoms with Crippen LogP contribution >= 0.6 is 11.6 Å². The maximum atomic E-state index is 14.8. The molecule has 0 bridgehead atoms. The van der Waals surface area contributed by atoms with Gasteiger partial charge < -0.3 is 15.1 Å². The number of aryl methyl sites for hydroxylation is 2. The number of benzene rings is 2. The summed E-state index contributed by atoms with van der Waals surface area (Å²) in [5, 5.41) is 7.76. The fourth-order valence-corrected chi connectivity index (χ4v) is 4.45. The normalized spacial score (nSPS) is 15.8. The number of nitrogens with two attached hydrogens (primary N) is 1. The molecule has 0 saturated heterocycles. The Kier molecular flexibility index (Phi) is 6.13. The Labute approximate surface area is 211 Å². The highest BCUT2D eigenvalue weighted by Gasteiger charge is 2.27. The van der Waals surface area contributed by atoms with Gasteiger partial charge in [-0.3, -0.25) is 5.32 Å². The number of hydrogen-bond donors (Lipinski definition) is 2. The van der Waals surface area contributed by atoms with Crippen LogP contribution in [0.2, 0.25) is 5.02 Å². The van der Waals surface area contributed by atoms with Gasteiger partial charge >= 0.3 is 6.01 Å². The highest BCUT2D eigenvalue weighted by atomic mass is 35.5. The molecule has 1 atom stereocenters. The molecule has 3 N–H and O–H groups in total. The summed E-state index contributed by atoms with van der Waals surface area (Å²) in [5.74, 6) is -0.664. The molecule has 4 aromatic rings. The molecule has 1 aliphatic heterocycles. The summed E-state index contributed by atoms with van der Waals surface area (Å²) in [4.78, 5) is 11.0. The standard InChI is InChI=1S/C25H24ClF2N7O/c1-4-35-23(28)15(11-30-35)12-34-14(3)10-20(16-6-5-13(2)9-17(16)26)31-24(34)33-25-32-19-8-7-18(27)21(29)22(19)36-25/h5-11,20H,4,12,29H2,1-3H3,(H,31,32,33). The topological polar surface area (TPSA) is 97.5 Å². The minimum atomic E-state index is -0.599. The Morgan fingerprint density at radius 1 is 1.19 bits per heavy atom. The molecule has 0 saturated carbocycles. The second-order valence-electron chi connectivity index (χ2n) is 8.55. The predicted octanol–water partition coefficient (Wildman–Crippen LogP) is 5.80. The van der Waals surface area contributed by atoms with Crippen LogP contribution in [0, 0.1) is 18.7 Å². The molecule has 0 spiro atoms. The molecular formula is C25H24ClF2N7O. The average Bonchev–Trinajstić information content (AvgIpc) is 3.41. The van der Waals surface area contributed by atoms with Crippen molar-refractivity contribution in [2.75, 3.05) is 11.1 Å². The van der Waals surface area contributed by atoms with Crippen LogP contribution in [0.5, 0.6) is 0 Å². The van der Waals surface area contributed by atoms with Gasteiger partial charge in [-0.05, 0) is 56.2 Å². The zero-order valence-electron chi connectivity index (χ0n) is 19.9. The molecule has 36 heavy (non-hydrogen) atoms. The number of allylic oxidation sites excluding steroid dienone is 1. The molecule has 1 aliphatic rings. The van der Waals surface area contributed by atoms with Crippen molar-refractivity contribution < 1.29 is 13.2 Å². The lowest BCUT2D eigenvalue weighted by molar-refractivity contribution is 0.434. The Bertz CT molecular complexity index is 1520. The first-order valence-corrected chi connectivity index (χ1v) is 11.7. The van der Waals surface area contributed by atoms with E-state index < -0.39 is 17.8 Å². The maximum absolute atomic E-state index is 14.8. The third-order valence-corrected chi connectivity index (χ3v) is 6.38. The first-order chi connectivity index (χ1) is 17.2. The Morgan fingerprint density at radius 2 is 2.00 bits per heavy atom. The van der Waals surface area contributed by atoms with E-state index in [9.17, 15) is 8.78 Å². The first-order valence-electron chi connectivity index (χ1n) is 11.4. The van der Waals surface area contributed by atoms with Crippen LogP contribution in [-0.4, -0.2) is 25.6 Å². The van der Waals surface area contributed by atoms with Crippen molar-refractivity contribution in [2.24, 2.45) is 4.99 Å². The number of nitrogens with one attached hydrogen (secondary N) is 1. The van der Waals surface area contributed by atoms with Gasteiger partial charge in [0.1, 0.15) is 23.1 Å². The van der Waals surface area contributed by atoms with Crippen molar-refractivity contribution in [3.05, 3.63) is 81.8 Å². The van der Waals surface area contributed by atoms with E-state index in [4.69, 9.17) is 26.7 Å². The zero-order chi connectivity index (χ0) is 25.6. The molecule has 1 unspecified atom stereocenters. The summed E-state index contributed by atoms with van der Waals surface area (Å²) in [7, 11) is 0. The summed E-state index contributed by atoms with van der Waals surface area (Å²) in [6.07, 6.45) is 3.44. The number of nitrogen functional groups attached to an aromatic ring is 1. The van der Waals surface area contributed by atoms with Gasteiger partial charge in [0.05, 0.1) is 12.7 Å². The minimum Gasteiger partial charge on any atom is -0.421 e. The SMILES string of the molecule is CCn1ncc(CN2C(C)=CC(c3ccc(C)cc3Cl)N=C2Nc2nc3ccc(F)c(N)c3o2)c1F. The van der Waals surface area contributed by atoms with Gasteiger partial charge in [-0.1, -0.05) is 23.7 Å². The van der Waals surface area contributed by atoms with E-state index in [1.807, 2.05) is 45.0 Å². The minimum absolute atomic E-state index is 0.0687. The van der Waals surface area contributed by atoms with Crippen molar-refractivity contribution >= 4 is 40.4 Å². The number of aromatic nitrogens is 3. The van der Waals surface area contributed by atoms with Crippen LogP contribution in [0.25, 0.3) is 11.1 Å². The number of anilines is 2. The molecular weight excluding hydrogens is 488 g/mol. The van der Waals surface area contributed by atoms with Gasteiger partial charge in [0.25, 0.3) is 0 Å². The van der Waals surface area contributed by atoms with Crippen molar-refractivity contribution in [1.29, 1.82) is 0 Å². The van der Waals surface area contributed by atoms with E-state index in [1.165, 1.54) is 23.0 Å². The molecule has 0 amide bonds. The Balaban J connectivity index is 1.55. The van der Waals surface area contributed by atoms with Gasteiger partial charge in [-0.15, -0.1) is 0 Å². The van der Waals surface area contributed by atoms with Crippen LogP contribution in [0.4, 0.5) is 20.5 Å². The van der Waals surface area contributed by atoms with E-state index in [0.29, 0.717) is 28.6 Å². The molecule has 2 aromatic carbocycles. The third-order valence-electron chi connectivity index (χ3n) is 6.05. The van der Waals surface area contributed by atoms with Gasteiger partial charge in [0.2, 0.25) is 11.9 Å². The zero-order valence-corrected chi connectivity index (χ0v) is 20.6. The van der Waals surface area contributed by atoms with Crippen molar-refractivity contribution in [3.8, 4) is 0 Å². The molecule has 0 radical (unpaired) electrons. The Morgan fingerprint density at radius 3 is 2.72 bits per heavy atom. The van der Waals surface area contributed by atoms with E-state index in [-0.39, 0.29) is 23.8 Å². The Hall–Kier alpha value is -3.92. The van der Waals surface area contributed by atoms with Crippen LogP contribution in [0.3, 0.4) is 0 Å². The lowest BCUT2D eigenvalue weighted by atomic mass is 10.0. The summed E-state index contributed by atoms with van der Waals surface area (Å²) in [6.45, 7) is 6.24. The van der Waals surface area contributed by atoms with Crippen molar-refractivity contribution in [1.82, 2.24) is 19.7 Å². The molecule has 186 valence electrons. The molecule has 2 aromatic heterocycles. The molecule has 8 nitrogen and oxygen atoms in total. The van der Waals surface area contributed by atoms with Crippen molar-refractivity contribution in [3.63, 3.8) is 0 Å². The summed E-state index contributed by atoms with van der Waals surface area (Å²) in [6, 6.07) is 8.13. The van der Waals surface area contributed by atoms with Crippen molar-refractivity contribution in [2.45, 2.75) is 39.9 Å². The lowest BCUT2D eigenvalue weighted by Gasteiger charge is -2.31. The van der Waals surface area contributed by atoms with Gasteiger partial charge in [-0.2, -0.15) is 14.5 Å². The van der Waals surface area contributed by atoms with Gasteiger partial charge in [0.15, 0.2) is 5.58 Å². The number of nitrogens with zero attached hydrogens (tertiary/aromatic N) is 5. The van der Waals surface area contributed by atoms with Gasteiger partial charge in [0, 0.05) is 22.8 Å². The number of halogens is 3. The smallest absolute Gasteiger partial charge is 0.302 e. The van der Waals surface area contributed by atoms with Crippen LogP contribution in [-0.2, 0) is 13.1 Å².